The predicted molar refractivity (Wildman–Crippen MR) is 79.5 cm³/mol. The number of halogens is 3. The first kappa shape index (κ1) is 15.1. The molecule has 0 aliphatic rings. The first-order valence-corrected chi connectivity index (χ1v) is 6.79. The zero-order valence-corrected chi connectivity index (χ0v) is 12.1. The number of alkyl halides is 1. The van der Waals surface area contributed by atoms with Crippen LogP contribution in [0, 0.1) is 11.6 Å². The van der Waals surface area contributed by atoms with Crippen molar-refractivity contribution < 1.29 is 22.7 Å². The average molecular weight is 319 g/mol. The molecule has 0 saturated carbocycles. The number of aldehydes is 1. The Hall–Kier alpha value is -2.76. The Balaban J connectivity index is 2.16. The predicted octanol–water partition coefficient (Wildman–Crippen LogP) is 4.26. The summed E-state index contributed by atoms with van der Waals surface area (Å²) in [5.41, 5.74) is 0.219. The highest BCUT2D eigenvalue weighted by Crippen LogP contribution is 2.32. The molecule has 2 aromatic carbocycles. The summed E-state index contributed by atoms with van der Waals surface area (Å²) in [5.74, 6) is -2.87. The number of fused-ring (bicyclic) bond motifs is 1. The molecule has 0 saturated heterocycles. The Morgan fingerprint density at radius 1 is 1.13 bits per heavy atom. The monoisotopic (exact) mass is 319 g/mol. The fourth-order valence-corrected chi connectivity index (χ4v) is 2.55. The molecule has 1 aromatic heterocycles. The second-order valence-corrected chi connectivity index (χ2v) is 4.95. The molecule has 0 aliphatic carbocycles. The number of methoxy groups -OCH3 is 1. The second kappa shape index (κ2) is 5.79. The second-order valence-electron chi connectivity index (χ2n) is 4.95. The van der Waals surface area contributed by atoms with Gasteiger partial charge in [-0.15, -0.1) is 0 Å². The molecule has 0 N–H and O–H groups in total. The van der Waals surface area contributed by atoms with Crippen LogP contribution in [0.4, 0.5) is 13.2 Å². The van der Waals surface area contributed by atoms with Gasteiger partial charge in [0.25, 0.3) is 0 Å². The van der Waals surface area contributed by atoms with Crippen molar-refractivity contribution in [2.75, 3.05) is 7.11 Å². The van der Waals surface area contributed by atoms with Gasteiger partial charge in [0.15, 0.2) is 17.9 Å². The van der Waals surface area contributed by atoms with Crippen LogP contribution in [0.15, 0.2) is 42.6 Å². The zero-order chi connectivity index (χ0) is 16.6. The molecule has 3 rings (SSSR count). The molecule has 6 heteroatoms. The summed E-state index contributed by atoms with van der Waals surface area (Å²) in [5, 5.41) is 0.541. The molecular weight excluding hydrogens is 307 g/mol. The minimum absolute atomic E-state index is 0.276. The zero-order valence-electron chi connectivity index (χ0n) is 12.1. The lowest BCUT2D eigenvalue weighted by molar-refractivity contribution is 0.112. The third kappa shape index (κ3) is 2.36. The van der Waals surface area contributed by atoms with Crippen LogP contribution < -0.4 is 4.74 Å². The lowest BCUT2D eigenvalue weighted by Gasteiger charge is -2.14. The Labute approximate surface area is 129 Å². The summed E-state index contributed by atoms with van der Waals surface area (Å²) in [6, 6.07) is 8.93. The van der Waals surface area contributed by atoms with Crippen molar-refractivity contribution in [1.29, 1.82) is 0 Å². The molecule has 0 fully saturated rings. The van der Waals surface area contributed by atoms with Gasteiger partial charge >= 0.3 is 0 Å². The van der Waals surface area contributed by atoms with Gasteiger partial charge in [0.05, 0.1) is 12.6 Å². The van der Waals surface area contributed by atoms with Crippen molar-refractivity contribution in [2.24, 2.45) is 0 Å². The quantitative estimate of drug-likeness (QED) is 0.673. The fraction of sp³-hybridized carbons (Fsp3) is 0.118. The Morgan fingerprint density at radius 3 is 2.57 bits per heavy atom. The number of hydrogen-bond donors (Lipinski definition) is 0. The van der Waals surface area contributed by atoms with Crippen molar-refractivity contribution in [3.8, 4) is 5.75 Å². The molecule has 3 aromatic rings. The molecule has 3 nitrogen and oxygen atoms in total. The Kier molecular flexibility index (Phi) is 3.82. The van der Waals surface area contributed by atoms with Gasteiger partial charge in [0.2, 0.25) is 12.1 Å². The number of carbonyl (C=O) groups is 1. The smallest absolute Gasteiger partial charge is 0.205 e. The SMILES string of the molecule is COc1ccc(C(F)n2cc(C=O)c3ccccc32)c(F)c1F. The van der Waals surface area contributed by atoms with Gasteiger partial charge in [-0.2, -0.15) is 4.39 Å². The van der Waals surface area contributed by atoms with Gasteiger partial charge in [-0.05, 0) is 18.2 Å². The van der Waals surface area contributed by atoms with Crippen LogP contribution in [0.1, 0.15) is 22.2 Å². The summed E-state index contributed by atoms with van der Waals surface area (Å²) in [6.07, 6.45) is -0.102. The highest BCUT2D eigenvalue weighted by molar-refractivity contribution is 5.97. The molecular formula is C17H12F3NO2. The van der Waals surface area contributed by atoms with Crippen LogP contribution >= 0.6 is 0 Å². The highest BCUT2D eigenvalue weighted by Gasteiger charge is 2.24. The third-order valence-electron chi connectivity index (χ3n) is 3.70. The van der Waals surface area contributed by atoms with E-state index in [0.717, 1.165) is 16.7 Å². The summed E-state index contributed by atoms with van der Waals surface area (Å²) >= 11 is 0. The number of benzene rings is 2. The van der Waals surface area contributed by atoms with E-state index in [1.165, 1.54) is 13.3 Å². The Morgan fingerprint density at radius 2 is 1.87 bits per heavy atom. The van der Waals surface area contributed by atoms with E-state index in [1.807, 2.05) is 0 Å². The van der Waals surface area contributed by atoms with Crippen LogP contribution in [-0.2, 0) is 0 Å². The van der Waals surface area contributed by atoms with E-state index in [-0.39, 0.29) is 11.3 Å². The molecule has 0 spiro atoms. The normalized spacial score (nSPS) is 12.3. The van der Waals surface area contributed by atoms with Gasteiger partial charge < -0.3 is 9.30 Å². The number of nitrogens with zero attached hydrogens (tertiary/aromatic N) is 1. The van der Waals surface area contributed by atoms with Crippen molar-refractivity contribution in [3.63, 3.8) is 0 Å². The van der Waals surface area contributed by atoms with E-state index in [1.54, 1.807) is 24.3 Å². The summed E-state index contributed by atoms with van der Waals surface area (Å²) < 4.78 is 48.5. The van der Waals surface area contributed by atoms with E-state index in [9.17, 15) is 18.0 Å². The van der Waals surface area contributed by atoms with Gasteiger partial charge in [-0.25, -0.2) is 8.78 Å². The van der Waals surface area contributed by atoms with Crippen molar-refractivity contribution in [1.82, 2.24) is 4.57 Å². The maximum Gasteiger partial charge on any atom is 0.205 e. The van der Waals surface area contributed by atoms with Crippen LogP contribution in [0.25, 0.3) is 10.9 Å². The van der Waals surface area contributed by atoms with E-state index in [4.69, 9.17) is 0 Å². The van der Waals surface area contributed by atoms with Gasteiger partial charge in [0, 0.05) is 22.7 Å². The lowest BCUT2D eigenvalue weighted by Crippen LogP contribution is -2.08. The molecule has 0 radical (unpaired) electrons. The highest BCUT2D eigenvalue weighted by atomic mass is 19.2. The van der Waals surface area contributed by atoms with Crippen molar-refractivity contribution >= 4 is 17.2 Å². The van der Waals surface area contributed by atoms with Gasteiger partial charge in [0.1, 0.15) is 0 Å². The van der Waals surface area contributed by atoms with Gasteiger partial charge in [-0.3, -0.25) is 4.79 Å². The number of carbonyl (C=O) groups excluding carboxylic acids is 1. The van der Waals surface area contributed by atoms with E-state index >= 15 is 0 Å². The molecule has 0 aliphatic heterocycles. The lowest BCUT2D eigenvalue weighted by atomic mass is 10.1. The standard InChI is InChI=1S/C17H12F3NO2/c1-23-14-7-6-12(15(18)16(14)19)17(20)21-8-10(9-22)11-4-2-3-5-13(11)21/h2-9,17H,1H3. The van der Waals surface area contributed by atoms with Crippen molar-refractivity contribution in [2.45, 2.75) is 6.30 Å². The molecule has 1 heterocycles. The number of rotatable bonds is 4. The fourth-order valence-electron chi connectivity index (χ4n) is 2.55. The Bertz CT molecular complexity index is 889. The van der Waals surface area contributed by atoms with E-state index in [2.05, 4.69) is 4.74 Å². The maximum atomic E-state index is 14.8. The van der Waals surface area contributed by atoms with Crippen molar-refractivity contribution in [3.05, 3.63) is 65.4 Å². The van der Waals surface area contributed by atoms with Crippen LogP contribution in [-0.4, -0.2) is 18.0 Å². The average Bonchev–Trinajstić information content (AvgIpc) is 2.95. The van der Waals surface area contributed by atoms with Gasteiger partial charge in [-0.1, -0.05) is 18.2 Å². The van der Waals surface area contributed by atoms with E-state index < -0.39 is 23.5 Å². The molecule has 23 heavy (non-hydrogen) atoms. The first-order valence-electron chi connectivity index (χ1n) is 6.79. The minimum atomic E-state index is -1.98. The number of ether oxygens (including phenoxy) is 1. The van der Waals surface area contributed by atoms with Crippen LogP contribution in [0.2, 0.25) is 0 Å². The molecule has 1 atom stereocenters. The summed E-state index contributed by atoms with van der Waals surface area (Å²) in [7, 11) is 1.19. The summed E-state index contributed by atoms with van der Waals surface area (Å²) in [6.45, 7) is 0. The number of para-hydroxylation sites is 1. The first-order chi connectivity index (χ1) is 11.1. The molecule has 118 valence electrons. The third-order valence-corrected chi connectivity index (χ3v) is 3.70. The maximum absolute atomic E-state index is 14.8. The molecule has 0 amide bonds. The number of aromatic nitrogens is 1. The topological polar surface area (TPSA) is 31.2 Å². The molecule has 0 bridgehead atoms. The largest absolute Gasteiger partial charge is 0.494 e. The molecule has 1 unspecified atom stereocenters. The van der Waals surface area contributed by atoms with Crippen LogP contribution in [0.3, 0.4) is 0 Å². The van der Waals surface area contributed by atoms with E-state index in [0.29, 0.717) is 17.2 Å². The minimum Gasteiger partial charge on any atom is -0.494 e. The summed E-state index contributed by atoms with van der Waals surface area (Å²) in [4.78, 5) is 11.1. The van der Waals surface area contributed by atoms with Crippen LogP contribution in [0.5, 0.6) is 5.75 Å². The number of hydrogen-bond acceptors (Lipinski definition) is 2.